The van der Waals surface area contributed by atoms with Gasteiger partial charge in [0.05, 0.1) is 4.90 Å². The first-order valence-corrected chi connectivity index (χ1v) is 10.5. The molecule has 29 heavy (non-hydrogen) atoms. The normalized spacial score (nSPS) is 11.6. The van der Waals surface area contributed by atoms with E-state index in [2.05, 4.69) is 30.8 Å². The standard InChI is InChI=1S/C19H17FN6O2S/c1-11-6-7-12(10-15(11)29(2,27)28)22-19-21-9-8-16(24-19)23-18-13-4-3-5-14(20)17(13)25-26-18/h3-10H,1-2H3,(H3,21,22,23,24,25,26). The lowest BCUT2D eigenvalue weighted by Gasteiger charge is -2.10. The Kier molecular flexibility index (Phi) is 4.63. The molecule has 8 nitrogen and oxygen atoms in total. The van der Waals surface area contributed by atoms with Gasteiger partial charge in [-0.2, -0.15) is 10.1 Å². The molecule has 0 saturated carbocycles. The summed E-state index contributed by atoms with van der Waals surface area (Å²) in [5.74, 6) is 0.743. The number of halogens is 1. The molecule has 0 amide bonds. The Labute approximate surface area is 166 Å². The van der Waals surface area contributed by atoms with Crippen molar-refractivity contribution < 1.29 is 12.8 Å². The van der Waals surface area contributed by atoms with Crippen LogP contribution in [0.3, 0.4) is 0 Å². The maximum Gasteiger partial charge on any atom is 0.229 e. The van der Waals surface area contributed by atoms with Gasteiger partial charge in [0, 0.05) is 23.5 Å². The highest BCUT2D eigenvalue weighted by atomic mass is 32.2. The maximum atomic E-state index is 13.8. The van der Waals surface area contributed by atoms with Crippen molar-refractivity contribution in [1.82, 2.24) is 20.2 Å². The molecule has 0 saturated heterocycles. The van der Waals surface area contributed by atoms with Crippen LogP contribution in [-0.4, -0.2) is 34.8 Å². The quantitative estimate of drug-likeness (QED) is 0.458. The van der Waals surface area contributed by atoms with Gasteiger partial charge in [-0.05, 0) is 42.8 Å². The monoisotopic (exact) mass is 412 g/mol. The van der Waals surface area contributed by atoms with Crippen LogP contribution in [0.25, 0.3) is 10.9 Å². The van der Waals surface area contributed by atoms with E-state index in [4.69, 9.17) is 0 Å². The Morgan fingerprint density at radius 2 is 1.93 bits per heavy atom. The number of aromatic amines is 1. The molecule has 4 rings (SSSR count). The molecule has 0 fully saturated rings. The van der Waals surface area contributed by atoms with Crippen molar-refractivity contribution in [3.05, 3.63) is 60.0 Å². The molecule has 2 aromatic heterocycles. The summed E-state index contributed by atoms with van der Waals surface area (Å²) in [5.41, 5.74) is 1.50. The minimum atomic E-state index is -3.35. The van der Waals surface area contributed by atoms with E-state index in [0.29, 0.717) is 33.8 Å². The third kappa shape index (κ3) is 3.87. The first kappa shape index (κ1) is 18.8. The van der Waals surface area contributed by atoms with Gasteiger partial charge >= 0.3 is 0 Å². The Morgan fingerprint density at radius 1 is 1.10 bits per heavy atom. The third-order valence-electron chi connectivity index (χ3n) is 4.29. The van der Waals surface area contributed by atoms with Crippen LogP contribution in [-0.2, 0) is 9.84 Å². The van der Waals surface area contributed by atoms with Gasteiger partial charge in [0.2, 0.25) is 5.95 Å². The lowest BCUT2D eigenvalue weighted by atomic mass is 10.2. The van der Waals surface area contributed by atoms with Gasteiger partial charge < -0.3 is 10.6 Å². The number of nitrogens with one attached hydrogen (secondary N) is 3. The summed E-state index contributed by atoms with van der Waals surface area (Å²) in [6.45, 7) is 1.73. The fourth-order valence-electron chi connectivity index (χ4n) is 2.92. The second kappa shape index (κ2) is 7.13. The van der Waals surface area contributed by atoms with E-state index in [1.54, 1.807) is 43.5 Å². The molecule has 148 valence electrons. The average Bonchev–Trinajstić information content (AvgIpc) is 3.07. The van der Waals surface area contributed by atoms with E-state index in [0.717, 1.165) is 6.26 Å². The smallest absolute Gasteiger partial charge is 0.229 e. The Balaban J connectivity index is 1.60. The van der Waals surface area contributed by atoms with Crippen LogP contribution in [0.1, 0.15) is 5.56 Å². The zero-order valence-corrected chi connectivity index (χ0v) is 16.4. The number of nitrogens with zero attached hydrogens (tertiary/aromatic N) is 3. The minimum Gasteiger partial charge on any atom is -0.324 e. The van der Waals surface area contributed by atoms with E-state index in [1.165, 1.54) is 12.1 Å². The summed E-state index contributed by atoms with van der Waals surface area (Å²) >= 11 is 0. The van der Waals surface area contributed by atoms with Crippen molar-refractivity contribution in [3.8, 4) is 0 Å². The fraction of sp³-hybridized carbons (Fsp3) is 0.105. The van der Waals surface area contributed by atoms with Crippen LogP contribution in [0.4, 0.5) is 27.7 Å². The summed E-state index contributed by atoms with van der Waals surface area (Å²) < 4.78 is 37.6. The van der Waals surface area contributed by atoms with Crippen molar-refractivity contribution in [2.75, 3.05) is 16.9 Å². The number of hydrogen-bond donors (Lipinski definition) is 3. The Hall–Kier alpha value is -3.53. The molecule has 0 aliphatic heterocycles. The fourth-order valence-corrected chi connectivity index (χ4v) is 3.91. The molecule has 10 heteroatoms. The molecular weight excluding hydrogens is 395 g/mol. The molecule has 0 bridgehead atoms. The first-order valence-electron chi connectivity index (χ1n) is 8.61. The van der Waals surface area contributed by atoms with Crippen molar-refractivity contribution in [3.63, 3.8) is 0 Å². The minimum absolute atomic E-state index is 0.238. The summed E-state index contributed by atoms with van der Waals surface area (Å²) in [7, 11) is -3.35. The number of sulfone groups is 1. The number of H-pyrrole nitrogens is 1. The number of anilines is 4. The number of para-hydroxylation sites is 1. The zero-order chi connectivity index (χ0) is 20.6. The number of fused-ring (bicyclic) bond motifs is 1. The zero-order valence-electron chi connectivity index (χ0n) is 15.6. The number of rotatable bonds is 5. The molecule has 0 aliphatic rings. The maximum absolute atomic E-state index is 13.8. The van der Waals surface area contributed by atoms with Gasteiger partial charge in [-0.15, -0.1) is 0 Å². The third-order valence-corrected chi connectivity index (χ3v) is 5.53. The van der Waals surface area contributed by atoms with Gasteiger partial charge in [0.15, 0.2) is 15.7 Å². The number of aromatic nitrogens is 4. The predicted molar refractivity (Wildman–Crippen MR) is 109 cm³/mol. The molecule has 3 N–H and O–H groups in total. The molecule has 4 aromatic rings. The number of aryl methyl sites for hydroxylation is 1. The highest BCUT2D eigenvalue weighted by molar-refractivity contribution is 7.90. The van der Waals surface area contributed by atoms with E-state index >= 15 is 0 Å². The van der Waals surface area contributed by atoms with Crippen LogP contribution < -0.4 is 10.6 Å². The van der Waals surface area contributed by atoms with Crippen LogP contribution in [0, 0.1) is 12.7 Å². The van der Waals surface area contributed by atoms with Crippen LogP contribution in [0.2, 0.25) is 0 Å². The van der Waals surface area contributed by atoms with E-state index < -0.39 is 15.7 Å². The Bertz CT molecular complexity index is 1320. The van der Waals surface area contributed by atoms with Crippen molar-refractivity contribution in [2.45, 2.75) is 11.8 Å². The van der Waals surface area contributed by atoms with Crippen molar-refractivity contribution in [1.29, 1.82) is 0 Å². The van der Waals surface area contributed by atoms with E-state index in [-0.39, 0.29) is 10.8 Å². The second-order valence-electron chi connectivity index (χ2n) is 6.50. The van der Waals surface area contributed by atoms with E-state index in [1.807, 2.05) is 0 Å². The van der Waals surface area contributed by atoms with Gasteiger partial charge in [-0.1, -0.05) is 12.1 Å². The van der Waals surface area contributed by atoms with Gasteiger partial charge in [0.25, 0.3) is 0 Å². The predicted octanol–water partition coefficient (Wildman–Crippen LogP) is 3.69. The lowest BCUT2D eigenvalue weighted by Crippen LogP contribution is -2.03. The molecule has 2 heterocycles. The Morgan fingerprint density at radius 3 is 2.72 bits per heavy atom. The summed E-state index contributed by atoms with van der Waals surface area (Å²) in [6, 6.07) is 11.3. The molecular formula is C19H17FN6O2S. The molecule has 2 aromatic carbocycles. The molecule has 0 spiro atoms. The summed E-state index contributed by atoms with van der Waals surface area (Å²) in [4.78, 5) is 8.75. The number of hydrogen-bond acceptors (Lipinski definition) is 7. The van der Waals surface area contributed by atoms with Crippen LogP contribution in [0.5, 0.6) is 0 Å². The van der Waals surface area contributed by atoms with Gasteiger partial charge in [0.1, 0.15) is 17.2 Å². The van der Waals surface area contributed by atoms with Crippen molar-refractivity contribution >= 4 is 44.0 Å². The van der Waals surface area contributed by atoms with E-state index in [9.17, 15) is 12.8 Å². The lowest BCUT2D eigenvalue weighted by molar-refractivity contribution is 0.601. The van der Waals surface area contributed by atoms with Crippen LogP contribution in [0.15, 0.2) is 53.6 Å². The van der Waals surface area contributed by atoms with Crippen molar-refractivity contribution in [2.24, 2.45) is 0 Å². The SMILES string of the molecule is Cc1ccc(Nc2nccc(Nc3n[nH]c4c(F)cccc34)n2)cc1S(C)(=O)=O. The largest absolute Gasteiger partial charge is 0.324 e. The summed E-state index contributed by atoms with van der Waals surface area (Å²) in [6.07, 6.45) is 2.70. The average molecular weight is 412 g/mol. The van der Waals surface area contributed by atoms with Gasteiger partial charge in [-0.3, -0.25) is 5.10 Å². The second-order valence-corrected chi connectivity index (χ2v) is 8.49. The molecule has 0 radical (unpaired) electrons. The number of benzene rings is 2. The van der Waals surface area contributed by atoms with Crippen LogP contribution >= 0.6 is 0 Å². The van der Waals surface area contributed by atoms with Gasteiger partial charge in [-0.25, -0.2) is 17.8 Å². The highest BCUT2D eigenvalue weighted by Gasteiger charge is 2.13. The highest BCUT2D eigenvalue weighted by Crippen LogP contribution is 2.26. The topological polar surface area (TPSA) is 113 Å². The summed E-state index contributed by atoms with van der Waals surface area (Å²) in [5, 5.41) is 13.4. The molecule has 0 aliphatic carbocycles. The molecule has 0 unspecified atom stereocenters. The molecule has 0 atom stereocenters. The first-order chi connectivity index (χ1) is 13.8.